The van der Waals surface area contributed by atoms with Crippen LogP contribution < -0.4 is 5.32 Å². The number of hydrogen-bond acceptors (Lipinski definition) is 4. The maximum atomic E-state index is 12.2. The van der Waals surface area contributed by atoms with Crippen LogP contribution in [0.25, 0.3) is 0 Å². The van der Waals surface area contributed by atoms with E-state index >= 15 is 0 Å². The molecule has 1 aromatic rings. The fraction of sp³-hybridized carbons (Fsp3) is 0.854. The van der Waals surface area contributed by atoms with E-state index in [1.54, 1.807) is 12.1 Å². The lowest BCUT2D eigenvalue weighted by molar-refractivity contribution is -0.890. The first-order valence-corrected chi connectivity index (χ1v) is 25.0. The lowest BCUT2D eigenvalue weighted by atomic mass is 10.0. The predicted octanol–water partition coefficient (Wildman–Crippen LogP) is 14.0. The molecule has 0 radical (unpaired) electrons. The molecule has 0 aliphatic rings. The summed E-state index contributed by atoms with van der Waals surface area (Å²) in [7, 11) is 0.458. The summed E-state index contributed by atoms with van der Waals surface area (Å²) in [5, 5.41) is 3.18. The Balaban J connectivity index is 0.00000225. The SMILES string of the molecule is CCCCCCCCCCCCCCCCCC[N+](C)(C)CCCNC(=O)CCCCCCCCCCCCCCCCC.Cc1ccc(S(=O)(=O)[O-])cc1. The quantitative estimate of drug-likeness (QED) is 0.0410. The van der Waals surface area contributed by atoms with Gasteiger partial charge in [-0.2, -0.15) is 0 Å². The second-order valence-electron chi connectivity index (χ2n) is 17.4. The number of quaternary nitrogens is 1. The van der Waals surface area contributed by atoms with E-state index < -0.39 is 10.1 Å². The molecule has 0 unspecified atom stereocenters. The number of hydrogen-bond donors (Lipinski definition) is 1. The minimum absolute atomic E-state index is 0.178. The average Bonchev–Trinajstić information content (AvgIpc) is 3.15. The van der Waals surface area contributed by atoms with E-state index in [0.717, 1.165) is 42.4 Å². The number of aryl methyl sites for hydroxylation is 1. The zero-order chi connectivity index (χ0) is 40.7. The average molecular weight is 793 g/mol. The van der Waals surface area contributed by atoms with Crippen LogP contribution in [0.15, 0.2) is 29.2 Å². The Morgan fingerprint density at radius 1 is 0.509 bits per heavy atom. The molecule has 1 aromatic carbocycles. The number of carbonyl (C=O) groups excluding carboxylic acids is 1. The molecule has 0 aliphatic heterocycles. The van der Waals surface area contributed by atoms with E-state index in [0.29, 0.717) is 0 Å². The van der Waals surface area contributed by atoms with Crippen molar-refractivity contribution in [1.82, 2.24) is 5.32 Å². The van der Waals surface area contributed by atoms with Crippen molar-refractivity contribution in [2.75, 3.05) is 33.7 Å². The Kier molecular flexibility index (Phi) is 37.1. The molecule has 0 aliphatic carbocycles. The third kappa shape index (κ3) is 39.2. The number of nitrogens with zero attached hydrogens (tertiary/aromatic N) is 1. The Bertz CT molecular complexity index is 1070. The number of nitrogens with one attached hydrogen (secondary N) is 1. The van der Waals surface area contributed by atoms with Gasteiger partial charge in [-0.05, 0) is 38.3 Å². The number of carbonyl (C=O) groups is 1. The molecular weight excluding hydrogens is 701 g/mol. The summed E-state index contributed by atoms with van der Waals surface area (Å²) in [6.07, 6.45) is 45.3. The molecule has 0 atom stereocenters. The van der Waals surface area contributed by atoms with Gasteiger partial charge in [0.2, 0.25) is 5.91 Å². The second kappa shape index (κ2) is 38.1. The van der Waals surface area contributed by atoms with Crippen LogP contribution in [0.1, 0.15) is 231 Å². The van der Waals surface area contributed by atoms with Gasteiger partial charge in [0.25, 0.3) is 0 Å². The molecule has 55 heavy (non-hydrogen) atoms. The lowest BCUT2D eigenvalue weighted by Gasteiger charge is -2.30. The fourth-order valence-corrected chi connectivity index (χ4v) is 7.85. The van der Waals surface area contributed by atoms with E-state index in [4.69, 9.17) is 0 Å². The van der Waals surface area contributed by atoms with Crippen molar-refractivity contribution in [2.45, 2.75) is 238 Å². The Morgan fingerprint density at radius 2 is 0.818 bits per heavy atom. The molecule has 0 fully saturated rings. The number of benzene rings is 1. The normalized spacial score (nSPS) is 11.7. The standard InChI is InChI=1S/C41H84N2O.C7H8O3S/c1-5-7-9-11-13-15-17-19-21-23-25-27-29-31-33-35-39-43(3,4)40-36-38-42-41(44)37-34-32-30-28-26-24-22-20-18-16-14-12-10-8-6-2;1-6-2-4-7(5-3-6)11(8,9)10/h5-40H2,1-4H3;2-5H,1H3,(H,8,9,10). The smallest absolute Gasteiger partial charge is 0.219 e. The lowest BCUT2D eigenvalue weighted by Crippen LogP contribution is -2.42. The first kappa shape index (κ1) is 53.6. The van der Waals surface area contributed by atoms with Gasteiger partial charge in [0, 0.05) is 19.4 Å². The molecule has 7 heteroatoms. The summed E-state index contributed by atoms with van der Waals surface area (Å²) < 4.78 is 32.3. The van der Waals surface area contributed by atoms with E-state index in [2.05, 4.69) is 33.3 Å². The number of rotatable bonds is 38. The fourth-order valence-electron chi connectivity index (χ4n) is 7.38. The zero-order valence-electron chi connectivity index (χ0n) is 37.3. The van der Waals surface area contributed by atoms with Gasteiger partial charge in [-0.25, -0.2) is 8.42 Å². The highest BCUT2D eigenvalue weighted by Crippen LogP contribution is 2.16. The summed E-state index contributed by atoms with van der Waals surface area (Å²) in [6, 6.07) is 5.78. The van der Waals surface area contributed by atoms with Crippen LogP contribution in [0.5, 0.6) is 0 Å². The van der Waals surface area contributed by atoms with Crippen LogP contribution in [-0.2, 0) is 14.9 Å². The number of amides is 1. The van der Waals surface area contributed by atoms with E-state index in [1.807, 2.05) is 6.92 Å². The van der Waals surface area contributed by atoms with Crippen molar-refractivity contribution < 1.29 is 22.2 Å². The van der Waals surface area contributed by atoms with Gasteiger partial charge >= 0.3 is 0 Å². The Labute approximate surface area is 343 Å². The van der Waals surface area contributed by atoms with Crippen LogP contribution in [0.4, 0.5) is 0 Å². The van der Waals surface area contributed by atoms with Crippen LogP contribution in [0.3, 0.4) is 0 Å². The predicted molar refractivity (Wildman–Crippen MR) is 238 cm³/mol. The van der Waals surface area contributed by atoms with Gasteiger partial charge in [-0.15, -0.1) is 0 Å². The summed E-state index contributed by atoms with van der Waals surface area (Å²) >= 11 is 0. The first-order valence-electron chi connectivity index (χ1n) is 23.6. The molecule has 1 rings (SSSR count). The van der Waals surface area contributed by atoms with Crippen LogP contribution >= 0.6 is 0 Å². The van der Waals surface area contributed by atoms with Crippen molar-refractivity contribution in [3.8, 4) is 0 Å². The molecule has 1 amide bonds. The maximum absolute atomic E-state index is 12.2. The van der Waals surface area contributed by atoms with Crippen molar-refractivity contribution in [1.29, 1.82) is 0 Å². The van der Waals surface area contributed by atoms with E-state index in [9.17, 15) is 17.8 Å². The van der Waals surface area contributed by atoms with Gasteiger partial charge < -0.3 is 14.4 Å². The molecule has 0 bridgehead atoms. The molecule has 324 valence electrons. The third-order valence-electron chi connectivity index (χ3n) is 11.2. The van der Waals surface area contributed by atoms with E-state index in [-0.39, 0.29) is 10.8 Å². The highest BCUT2D eigenvalue weighted by atomic mass is 32.2. The minimum atomic E-state index is -4.27. The molecular formula is C48H92N2O4S. The topological polar surface area (TPSA) is 86.3 Å². The molecule has 0 heterocycles. The first-order chi connectivity index (χ1) is 26.5. The van der Waals surface area contributed by atoms with Crippen LogP contribution in [0.2, 0.25) is 0 Å². The van der Waals surface area contributed by atoms with Gasteiger partial charge in [0.05, 0.1) is 32.1 Å². The van der Waals surface area contributed by atoms with Crippen LogP contribution in [0, 0.1) is 6.92 Å². The Morgan fingerprint density at radius 3 is 1.16 bits per heavy atom. The van der Waals surface area contributed by atoms with Crippen LogP contribution in [-0.4, -0.2) is 57.1 Å². The summed E-state index contributed by atoms with van der Waals surface area (Å²) in [5.74, 6) is 0.266. The van der Waals surface area contributed by atoms with Crippen molar-refractivity contribution >= 4 is 16.0 Å². The van der Waals surface area contributed by atoms with Crippen molar-refractivity contribution in [3.63, 3.8) is 0 Å². The van der Waals surface area contributed by atoms with Gasteiger partial charge in [0.15, 0.2) is 0 Å². The monoisotopic (exact) mass is 793 g/mol. The highest BCUT2D eigenvalue weighted by molar-refractivity contribution is 7.85. The van der Waals surface area contributed by atoms with E-state index in [1.165, 1.54) is 211 Å². The largest absolute Gasteiger partial charge is 0.744 e. The van der Waals surface area contributed by atoms with Gasteiger partial charge in [-0.3, -0.25) is 4.79 Å². The zero-order valence-corrected chi connectivity index (χ0v) is 38.1. The molecule has 0 aromatic heterocycles. The second-order valence-corrected chi connectivity index (χ2v) is 18.7. The molecule has 1 N–H and O–H groups in total. The molecule has 0 saturated carbocycles. The summed E-state index contributed by atoms with van der Waals surface area (Å²) in [6.45, 7) is 9.69. The third-order valence-corrected chi connectivity index (χ3v) is 12.0. The minimum Gasteiger partial charge on any atom is -0.744 e. The summed E-state index contributed by atoms with van der Waals surface area (Å²) in [5.41, 5.74) is 0.928. The van der Waals surface area contributed by atoms with Crippen molar-refractivity contribution in [3.05, 3.63) is 29.8 Å². The maximum Gasteiger partial charge on any atom is 0.219 e. The van der Waals surface area contributed by atoms with Gasteiger partial charge in [-0.1, -0.05) is 211 Å². The number of unbranched alkanes of at least 4 members (excludes halogenated alkanes) is 29. The van der Waals surface area contributed by atoms with Gasteiger partial charge in [0.1, 0.15) is 10.1 Å². The summed E-state index contributed by atoms with van der Waals surface area (Å²) in [4.78, 5) is 12.0. The highest BCUT2D eigenvalue weighted by Gasteiger charge is 2.14. The molecule has 0 saturated heterocycles. The Hall–Kier alpha value is -1.44. The van der Waals surface area contributed by atoms with Crippen molar-refractivity contribution in [2.24, 2.45) is 0 Å². The molecule has 0 spiro atoms. The molecule has 6 nitrogen and oxygen atoms in total.